The summed E-state index contributed by atoms with van der Waals surface area (Å²) in [6, 6.07) is 0.236. The van der Waals surface area contributed by atoms with Crippen molar-refractivity contribution in [2.75, 3.05) is 7.05 Å². The van der Waals surface area contributed by atoms with Crippen molar-refractivity contribution in [2.24, 2.45) is 11.3 Å². The van der Waals surface area contributed by atoms with E-state index in [1.54, 1.807) is 7.05 Å². The minimum absolute atomic E-state index is 0.0547. The molecule has 1 aliphatic heterocycles. The Morgan fingerprint density at radius 3 is 2.58 bits per heavy atom. The van der Waals surface area contributed by atoms with Crippen LogP contribution in [0.25, 0.3) is 0 Å². The third-order valence-electron chi connectivity index (χ3n) is 4.76. The Bertz CT molecular complexity index is 378. The molecular weight excluding hydrogens is 240 g/mol. The number of nitrogens with zero attached hydrogens (tertiary/aromatic N) is 1. The maximum atomic E-state index is 12.1. The van der Waals surface area contributed by atoms with Crippen molar-refractivity contribution in [1.29, 1.82) is 0 Å². The fraction of sp³-hybridized carbons (Fsp3) is 0.867. The fourth-order valence-electron chi connectivity index (χ4n) is 3.52. The average Bonchev–Trinajstić information content (AvgIpc) is 2.32. The summed E-state index contributed by atoms with van der Waals surface area (Å²) < 4.78 is 0. The molecule has 3 unspecified atom stereocenters. The Hall–Kier alpha value is -0.900. The van der Waals surface area contributed by atoms with Gasteiger partial charge in [0.25, 0.3) is 0 Å². The minimum atomic E-state index is -0.170. The molecule has 0 aromatic heterocycles. The van der Waals surface area contributed by atoms with Crippen LogP contribution in [0.15, 0.2) is 0 Å². The van der Waals surface area contributed by atoms with Crippen LogP contribution in [0.5, 0.6) is 0 Å². The quantitative estimate of drug-likeness (QED) is 0.777. The van der Waals surface area contributed by atoms with Gasteiger partial charge in [0.2, 0.25) is 11.8 Å². The number of imide groups is 1. The van der Waals surface area contributed by atoms with Gasteiger partial charge in [0.1, 0.15) is 0 Å². The van der Waals surface area contributed by atoms with Crippen LogP contribution < -0.4 is 5.32 Å². The van der Waals surface area contributed by atoms with Gasteiger partial charge < -0.3 is 5.32 Å². The Balaban J connectivity index is 1.95. The number of hydrogen-bond donors (Lipinski definition) is 1. The van der Waals surface area contributed by atoms with Gasteiger partial charge in [-0.2, -0.15) is 0 Å². The second-order valence-corrected chi connectivity index (χ2v) is 7.04. The Morgan fingerprint density at radius 1 is 1.26 bits per heavy atom. The van der Waals surface area contributed by atoms with Gasteiger partial charge in [0.05, 0.1) is 6.04 Å². The molecule has 1 heterocycles. The lowest BCUT2D eigenvalue weighted by Gasteiger charge is -2.41. The number of likely N-dealkylation sites (tertiary alicyclic amines) is 1. The molecule has 1 saturated carbocycles. The lowest BCUT2D eigenvalue weighted by Crippen LogP contribution is -2.56. The highest BCUT2D eigenvalue weighted by Crippen LogP contribution is 2.38. The van der Waals surface area contributed by atoms with Crippen LogP contribution in [0.4, 0.5) is 0 Å². The normalized spacial score (nSPS) is 35.6. The van der Waals surface area contributed by atoms with Gasteiger partial charge in [-0.05, 0) is 37.0 Å². The van der Waals surface area contributed by atoms with E-state index in [2.05, 4.69) is 26.1 Å². The number of carbonyl (C=O) groups is 2. The van der Waals surface area contributed by atoms with Crippen LogP contribution in [0.1, 0.15) is 52.9 Å². The van der Waals surface area contributed by atoms with E-state index in [1.165, 1.54) is 17.7 Å². The molecule has 2 rings (SSSR count). The molecule has 4 heteroatoms. The zero-order chi connectivity index (χ0) is 14.2. The van der Waals surface area contributed by atoms with Crippen LogP contribution in [0.2, 0.25) is 0 Å². The number of likely N-dealkylation sites (N-methyl/N-ethyl adjacent to an activating group) is 1. The number of carbonyl (C=O) groups excluding carboxylic acids is 2. The smallest absolute Gasteiger partial charge is 0.246 e. The zero-order valence-corrected chi connectivity index (χ0v) is 12.5. The lowest BCUT2D eigenvalue weighted by atomic mass is 9.70. The molecule has 2 aliphatic rings. The number of hydrogen-bond acceptors (Lipinski definition) is 3. The largest absolute Gasteiger partial charge is 0.303 e. The highest BCUT2D eigenvalue weighted by Gasteiger charge is 2.37. The van der Waals surface area contributed by atoms with E-state index in [4.69, 9.17) is 0 Å². The van der Waals surface area contributed by atoms with E-state index in [1.807, 2.05) is 0 Å². The van der Waals surface area contributed by atoms with E-state index in [9.17, 15) is 9.59 Å². The van der Waals surface area contributed by atoms with Gasteiger partial charge in [-0.1, -0.05) is 20.8 Å². The molecule has 0 radical (unpaired) electrons. The minimum Gasteiger partial charge on any atom is -0.303 e. The summed E-state index contributed by atoms with van der Waals surface area (Å²) >= 11 is 0. The number of amides is 2. The SMILES string of the molecule is CC1CC(C)(C)CCC1NC1CCC(=O)N(C)C1=O. The standard InChI is InChI=1S/C15H26N2O2/c1-10-9-15(2,3)8-7-11(10)16-12-5-6-13(18)17(4)14(12)19/h10-12,16H,5-9H2,1-4H3. The van der Waals surface area contributed by atoms with Crippen LogP contribution in [0.3, 0.4) is 0 Å². The Labute approximate surface area is 115 Å². The number of rotatable bonds is 2. The maximum Gasteiger partial charge on any atom is 0.246 e. The third-order valence-corrected chi connectivity index (χ3v) is 4.76. The summed E-state index contributed by atoms with van der Waals surface area (Å²) in [7, 11) is 1.59. The van der Waals surface area contributed by atoms with Gasteiger partial charge in [0, 0.05) is 19.5 Å². The van der Waals surface area contributed by atoms with E-state index in [0.29, 0.717) is 30.2 Å². The predicted octanol–water partition coefficient (Wildman–Crippen LogP) is 1.94. The molecule has 0 bridgehead atoms. The van der Waals surface area contributed by atoms with Crippen LogP contribution in [0, 0.1) is 11.3 Å². The number of nitrogens with one attached hydrogen (secondary N) is 1. The highest BCUT2D eigenvalue weighted by molar-refractivity contribution is 6.00. The van der Waals surface area contributed by atoms with Gasteiger partial charge in [-0.3, -0.25) is 14.5 Å². The van der Waals surface area contributed by atoms with Crippen molar-refractivity contribution < 1.29 is 9.59 Å². The van der Waals surface area contributed by atoms with E-state index in [0.717, 1.165) is 6.42 Å². The summed E-state index contributed by atoms with van der Waals surface area (Å²) in [6.45, 7) is 6.90. The Morgan fingerprint density at radius 2 is 1.95 bits per heavy atom. The molecule has 4 nitrogen and oxygen atoms in total. The summed E-state index contributed by atoms with van der Waals surface area (Å²) in [6.07, 6.45) is 4.64. The van der Waals surface area contributed by atoms with Gasteiger partial charge in [0.15, 0.2) is 0 Å². The molecule has 0 aromatic carbocycles. The van der Waals surface area contributed by atoms with Gasteiger partial charge >= 0.3 is 0 Å². The second-order valence-electron chi connectivity index (χ2n) is 7.04. The molecular formula is C15H26N2O2. The molecule has 1 saturated heterocycles. The first kappa shape index (κ1) is 14.5. The first-order valence-corrected chi connectivity index (χ1v) is 7.36. The zero-order valence-electron chi connectivity index (χ0n) is 12.5. The fourth-order valence-corrected chi connectivity index (χ4v) is 3.52. The van der Waals surface area contributed by atoms with Gasteiger partial charge in [-0.15, -0.1) is 0 Å². The van der Waals surface area contributed by atoms with Crippen LogP contribution in [-0.2, 0) is 9.59 Å². The summed E-state index contributed by atoms with van der Waals surface area (Å²) in [5.41, 5.74) is 0.418. The topological polar surface area (TPSA) is 49.4 Å². The molecule has 2 amide bonds. The molecule has 0 spiro atoms. The summed E-state index contributed by atoms with van der Waals surface area (Å²) in [5, 5.41) is 3.50. The first-order valence-electron chi connectivity index (χ1n) is 7.36. The number of piperidine rings is 1. The lowest BCUT2D eigenvalue weighted by molar-refractivity contribution is -0.148. The van der Waals surface area contributed by atoms with Crippen molar-refractivity contribution in [2.45, 2.75) is 65.0 Å². The molecule has 108 valence electrons. The van der Waals surface area contributed by atoms with E-state index < -0.39 is 0 Å². The molecule has 3 atom stereocenters. The Kier molecular flexibility index (Phi) is 4.00. The second kappa shape index (κ2) is 5.23. The van der Waals surface area contributed by atoms with Crippen LogP contribution in [-0.4, -0.2) is 35.8 Å². The molecule has 1 N–H and O–H groups in total. The van der Waals surface area contributed by atoms with Crippen molar-refractivity contribution >= 4 is 11.8 Å². The monoisotopic (exact) mass is 266 g/mol. The molecule has 0 aromatic rings. The van der Waals surface area contributed by atoms with E-state index in [-0.39, 0.29) is 17.9 Å². The van der Waals surface area contributed by atoms with Crippen molar-refractivity contribution in [3.63, 3.8) is 0 Å². The molecule has 1 aliphatic carbocycles. The van der Waals surface area contributed by atoms with Crippen molar-refractivity contribution in [3.05, 3.63) is 0 Å². The van der Waals surface area contributed by atoms with Crippen molar-refractivity contribution in [3.8, 4) is 0 Å². The van der Waals surface area contributed by atoms with Gasteiger partial charge in [-0.25, -0.2) is 0 Å². The van der Waals surface area contributed by atoms with Crippen LogP contribution >= 0.6 is 0 Å². The van der Waals surface area contributed by atoms with E-state index >= 15 is 0 Å². The maximum absolute atomic E-state index is 12.1. The highest BCUT2D eigenvalue weighted by atomic mass is 16.2. The predicted molar refractivity (Wildman–Crippen MR) is 74.5 cm³/mol. The molecule has 19 heavy (non-hydrogen) atoms. The average molecular weight is 266 g/mol. The first-order chi connectivity index (χ1) is 8.80. The summed E-state index contributed by atoms with van der Waals surface area (Å²) in [5.74, 6) is 0.466. The summed E-state index contributed by atoms with van der Waals surface area (Å²) in [4.78, 5) is 24.8. The van der Waals surface area contributed by atoms with Crippen molar-refractivity contribution in [1.82, 2.24) is 10.2 Å². The third kappa shape index (κ3) is 3.16. The molecule has 2 fully saturated rings.